The van der Waals surface area contributed by atoms with Crippen LogP contribution >= 0.6 is 7.82 Å². The fourth-order valence-corrected chi connectivity index (χ4v) is 2.67. The molecule has 66 valence electrons. The molecule has 3 heterocycles. The lowest BCUT2D eigenvalue weighted by atomic mass is 10.2. The van der Waals surface area contributed by atoms with Gasteiger partial charge in [-0.25, -0.2) is 13.6 Å². The number of rotatable bonds is 1. The van der Waals surface area contributed by atoms with Gasteiger partial charge in [-0.2, -0.15) is 0 Å². The quantitative estimate of drug-likeness (QED) is 0.287. The van der Waals surface area contributed by atoms with Gasteiger partial charge >= 0.3 is 7.82 Å². The van der Waals surface area contributed by atoms with Gasteiger partial charge in [0.1, 0.15) is 0 Å². The third kappa shape index (κ3) is 0.769. The van der Waals surface area contributed by atoms with Gasteiger partial charge < -0.3 is 9.63 Å². The molecule has 0 spiro atoms. The lowest BCUT2D eigenvalue weighted by molar-refractivity contribution is -0.136. The number of fused-ring (bicyclic) bond motifs is 1. The first-order valence-corrected chi connectivity index (χ1v) is 4.55. The van der Waals surface area contributed by atoms with Crippen LogP contribution in [0, 0.1) is 0 Å². The molecule has 2 bridgehead atoms. The summed E-state index contributed by atoms with van der Waals surface area (Å²) in [5.41, 5.74) is 0. The van der Waals surface area contributed by atoms with Crippen LogP contribution in [0.4, 0.5) is 0 Å². The van der Waals surface area contributed by atoms with E-state index in [1.807, 2.05) is 0 Å². The van der Waals surface area contributed by atoms with Gasteiger partial charge in [0.15, 0.2) is 12.0 Å². The number of carbonyl (C=O) groups excluding carboxylic acids is 1. The van der Waals surface area contributed by atoms with E-state index in [1.165, 1.54) is 6.92 Å². The zero-order valence-corrected chi connectivity index (χ0v) is 6.91. The van der Waals surface area contributed by atoms with Gasteiger partial charge in [-0.15, -0.1) is 0 Å². The Bertz CT molecular complexity index is 321. The van der Waals surface area contributed by atoms with Crippen LogP contribution in [0.1, 0.15) is 6.92 Å². The number of aliphatic hydroxyl groups is 1. The van der Waals surface area contributed by atoms with Crippen LogP contribution in [0.2, 0.25) is 0 Å². The summed E-state index contributed by atoms with van der Waals surface area (Å²) < 4.78 is 25.0. The molecule has 3 aliphatic heterocycles. The highest BCUT2D eigenvalue weighted by molar-refractivity contribution is 7.50. The molecule has 0 atom stereocenters. The molecule has 0 radical (unpaired) electrons. The van der Waals surface area contributed by atoms with Gasteiger partial charge in [0.2, 0.25) is 5.76 Å². The number of hydrogen-bond donors (Lipinski definition) is 1. The molecule has 12 heavy (non-hydrogen) atoms. The third-order valence-electron chi connectivity index (χ3n) is 1.53. The summed E-state index contributed by atoms with van der Waals surface area (Å²) in [6.07, 6.45) is 0.168. The van der Waals surface area contributed by atoms with Gasteiger partial charge in [-0.3, -0.25) is 4.79 Å². The number of allylic oxidation sites excluding steroid dienone is 1. The summed E-state index contributed by atoms with van der Waals surface area (Å²) in [5.74, 6) is -2.23. The lowest BCUT2D eigenvalue weighted by Gasteiger charge is -2.27. The van der Waals surface area contributed by atoms with Gasteiger partial charge in [0.05, 0.1) is 0 Å². The molecule has 0 aromatic rings. The molecule has 0 unspecified atom stereocenters. The number of aldehydes is 1. The number of hydrogen-bond acceptors (Lipinski definition) is 6. The second-order valence-electron chi connectivity index (χ2n) is 2.50. The molecule has 6 nitrogen and oxygen atoms in total. The number of carbonyl (C=O) groups is 1. The zero-order valence-electron chi connectivity index (χ0n) is 6.01. The van der Waals surface area contributed by atoms with E-state index in [0.29, 0.717) is 0 Å². The Morgan fingerprint density at radius 1 is 1.67 bits per heavy atom. The standard InChI is InChI=1S/C5H5O6P/c1-5-4(3(7)2-6)9-12(8,10-5)11-5/h2,7H,1H3/b4-3+. The van der Waals surface area contributed by atoms with E-state index >= 15 is 0 Å². The van der Waals surface area contributed by atoms with Crippen molar-refractivity contribution in [3.8, 4) is 0 Å². The van der Waals surface area contributed by atoms with Crippen LogP contribution in [0.15, 0.2) is 11.5 Å². The first kappa shape index (κ1) is 7.79. The molecule has 3 rings (SSSR count). The van der Waals surface area contributed by atoms with Crippen molar-refractivity contribution in [2.24, 2.45) is 0 Å². The minimum atomic E-state index is -3.47. The van der Waals surface area contributed by atoms with Gasteiger partial charge in [-0.05, 0) is 6.92 Å². The average molecular weight is 192 g/mol. The summed E-state index contributed by atoms with van der Waals surface area (Å²) in [6.45, 7) is 1.39. The summed E-state index contributed by atoms with van der Waals surface area (Å²) in [6, 6.07) is 0. The van der Waals surface area contributed by atoms with E-state index in [9.17, 15) is 9.36 Å². The zero-order chi connectivity index (χ0) is 8.98. The van der Waals surface area contributed by atoms with E-state index in [4.69, 9.17) is 14.2 Å². The molecule has 0 aromatic carbocycles. The van der Waals surface area contributed by atoms with Gasteiger partial charge in [0.25, 0.3) is 5.79 Å². The second kappa shape index (κ2) is 1.90. The SMILES string of the molecule is CC12OP(=O)(O/C1=C(/O)C=O)O2. The monoisotopic (exact) mass is 192 g/mol. The molecular weight excluding hydrogens is 187 g/mol. The predicted octanol–water partition coefficient (Wildman–Crippen LogP) is 0.856. The fourth-order valence-electron chi connectivity index (χ4n) is 1.08. The van der Waals surface area contributed by atoms with Crippen LogP contribution in [0.25, 0.3) is 0 Å². The molecule has 3 aliphatic rings. The van der Waals surface area contributed by atoms with Crippen molar-refractivity contribution in [3.05, 3.63) is 11.5 Å². The normalized spacial score (nSPS) is 47.8. The van der Waals surface area contributed by atoms with Crippen LogP contribution in [0.3, 0.4) is 0 Å². The van der Waals surface area contributed by atoms with Crippen LogP contribution in [-0.4, -0.2) is 17.2 Å². The highest BCUT2D eigenvalue weighted by atomic mass is 31.2. The minimum Gasteiger partial charge on any atom is -0.502 e. The van der Waals surface area contributed by atoms with Gasteiger partial charge in [-0.1, -0.05) is 0 Å². The maximum atomic E-state index is 11.0. The van der Waals surface area contributed by atoms with E-state index in [0.717, 1.165) is 0 Å². The van der Waals surface area contributed by atoms with Crippen molar-refractivity contribution >= 4 is 14.1 Å². The van der Waals surface area contributed by atoms with E-state index in [-0.39, 0.29) is 12.0 Å². The molecule has 3 fully saturated rings. The Morgan fingerprint density at radius 3 is 2.58 bits per heavy atom. The van der Waals surface area contributed by atoms with E-state index in [1.54, 1.807) is 0 Å². The van der Waals surface area contributed by atoms with Crippen LogP contribution in [0.5, 0.6) is 0 Å². The van der Waals surface area contributed by atoms with E-state index < -0.39 is 19.4 Å². The summed E-state index contributed by atoms with van der Waals surface area (Å²) in [4.78, 5) is 10.1. The number of phosphoric acid groups is 1. The third-order valence-corrected chi connectivity index (χ3v) is 3.08. The Morgan fingerprint density at radius 2 is 2.25 bits per heavy atom. The molecule has 0 saturated carbocycles. The lowest BCUT2D eigenvalue weighted by Crippen LogP contribution is -2.33. The second-order valence-corrected chi connectivity index (χ2v) is 3.94. The predicted molar refractivity (Wildman–Crippen MR) is 35.0 cm³/mol. The number of phosphoric ester groups is 1. The Kier molecular flexibility index (Phi) is 1.24. The largest absolute Gasteiger partial charge is 0.536 e. The van der Waals surface area contributed by atoms with Gasteiger partial charge in [0, 0.05) is 0 Å². The van der Waals surface area contributed by atoms with Crippen LogP contribution < -0.4 is 0 Å². The van der Waals surface area contributed by atoms with Crippen molar-refractivity contribution in [1.29, 1.82) is 0 Å². The Balaban J connectivity index is 2.45. The topological polar surface area (TPSA) is 82.1 Å². The molecule has 0 amide bonds. The maximum absolute atomic E-state index is 11.0. The molecule has 3 saturated heterocycles. The first-order valence-electron chi connectivity index (χ1n) is 3.09. The highest BCUT2D eigenvalue weighted by Gasteiger charge is 2.68. The van der Waals surface area contributed by atoms with Crippen molar-refractivity contribution in [2.75, 3.05) is 0 Å². The Labute approximate surface area is 67.3 Å². The molecule has 7 heteroatoms. The molecule has 0 aromatic heterocycles. The van der Waals surface area contributed by atoms with Crippen molar-refractivity contribution in [2.45, 2.75) is 12.7 Å². The Hall–Kier alpha value is -0.840. The smallest absolute Gasteiger partial charge is 0.502 e. The van der Waals surface area contributed by atoms with Crippen LogP contribution in [-0.2, 0) is 22.9 Å². The van der Waals surface area contributed by atoms with E-state index in [2.05, 4.69) is 4.52 Å². The van der Waals surface area contributed by atoms with Crippen molar-refractivity contribution < 1.29 is 28.0 Å². The molecule has 0 aliphatic carbocycles. The minimum absolute atomic E-state index is 0.168. The molecular formula is C5H5O6P. The summed E-state index contributed by atoms with van der Waals surface area (Å²) in [7, 11) is -3.47. The highest BCUT2D eigenvalue weighted by Crippen LogP contribution is 2.75. The summed E-state index contributed by atoms with van der Waals surface area (Å²) in [5, 5.41) is 8.94. The fraction of sp³-hybridized carbons (Fsp3) is 0.400. The first-order chi connectivity index (χ1) is 5.49. The van der Waals surface area contributed by atoms with Crippen molar-refractivity contribution in [1.82, 2.24) is 0 Å². The maximum Gasteiger partial charge on any atom is 0.536 e. The summed E-state index contributed by atoms with van der Waals surface area (Å²) >= 11 is 0. The molecule has 1 N–H and O–H groups in total. The average Bonchev–Trinajstić information content (AvgIpc) is 2.33. The van der Waals surface area contributed by atoms with Crippen molar-refractivity contribution in [3.63, 3.8) is 0 Å². The number of aliphatic hydroxyl groups excluding tert-OH is 1.